The van der Waals surface area contributed by atoms with Crippen molar-refractivity contribution in [3.05, 3.63) is 64.6 Å². The van der Waals surface area contributed by atoms with Crippen molar-refractivity contribution in [3.8, 4) is 38.8 Å². The molecule has 0 saturated carbocycles. The third-order valence-electron chi connectivity index (χ3n) is 5.21. The maximum absolute atomic E-state index is 6.51. The molecule has 0 spiro atoms. The lowest BCUT2D eigenvalue weighted by molar-refractivity contribution is 0.415. The molecule has 0 amide bonds. The second-order valence-corrected chi connectivity index (χ2v) is 8.41. The molecular weight excluding hydrogens is 444 g/mol. The van der Waals surface area contributed by atoms with Crippen molar-refractivity contribution >= 4 is 34.4 Å². The van der Waals surface area contributed by atoms with Crippen LogP contribution in [0.15, 0.2) is 53.9 Å². The molecule has 2 aromatic carbocycles. The first-order valence-corrected chi connectivity index (χ1v) is 11.2. The first kappa shape index (κ1) is 20.4. The average molecular weight is 463 g/mol. The zero-order valence-electron chi connectivity index (χ0n) is 17.4. The lowest BCUT2D eigenvalue weighted by Gasteiger charge is -2.05. The quantitative estimate of drug-likeness (QED) is 0.376. The van der Waals surface area contributed by atoms with E-state index in [-0.39, 0.29) is 0 Å². The molecule has 0 saturated heterocycles. The minimum atomic E-state index is 0.404. The van der Waals surface area contributed by atoms with E-state index in [1.165, 1.54) is 11.3 Å². The van der Waals surface area contributed by atoms with Crippen LogP contribution in [0.25, 0.3) is 38.7 Å². The van der Waals surface area contributed by atoms with Crippen molar-refractivity contribution in [2.45, 2.75) is 13.3 Å². The molecule has 0 aliphatic rings. The molecule has 160 valence electrons. The van der Waals surface area contributed by atoms with Gasteiger partial charge in [-0.25, -0.2) is 4.98 Å². The summed E-state index contributed by atoms with van der Waals surface area (Å²) in [5.41, 5.74) is 12.2. The molecule has 5 aromatic rings. The van der Waals surface area contributed by atoms with Crippen molar-refractivity contribution in [2.75, 3.05) is 12.8 Å². The van der Waals surface area contributed by atoms with Crippen LogP contribution in [0, 0.1) is 0 Å². The highest BCUT2D eigenvalue weighted by Crippen LogP contribution is 2.34. The Balaban J connectivity index is 1.59. The maximum atomic E-state index is 6.51. The molecule has 3 aromatic heterocycles. The van der Waals surface area contributed by atoms with E-state index in [0.717, 1.165) is 40.2 Å². The molecular formula is C23H19ClN6OS. The predicted molar refractivity (Wildman–Crippen MR) is 128 cm³/mol. The molecule has 0 atom stereocenters. The van der Waals surface area contributed by atoms with Crippen LogP contribution in [0.3, 0.4) is 0 Å². The van der Waals surface area contributed by atoms with Gasteiger partial charge in [-0.2, -0.15) is 9.61 Å². The number of nitrogen functional groups attached to an aromatic ring is 1. The fourth-order valence-electron chi connectivity index (χ4n) is 3.55. The van der Waals surface area contributed by atoms with E-state index in [1.807, 2.05) is 53.9 Å². The maximum Gasteiger partial charge on any atom is 0.187 e. The number of ether oxygens (including phenoxy) is 1. The number of rotatable bonds is 5. The van der Waals surface area contributed by atoms with Crippen LogP contribution in [-0.2, 0) is 6.42 Å². The number of hydrogen-bond acceptors (Lipinski definition) is 7. The van der Waals surface area contributed by atoms with Gasteiger partial charge in [0.25, 0.3) is 0 Å². The number of fused-ring (bicyclic) bond motifs is 1. The second kappa shape index (κ2) is 8.22. The number of halogens is 1. The number of anilines is 1. The standard InChI is InChI=1S/C23H19ClN6OS/c1-3-17-19(14-6-10-16(31-2)11-7-14)22-28-27-20(21(25)30(22)29-17)23-26-18(12-32-23)13-4-8-15(24)9-5-13/h4-12H,3,25H2,1-2H3. The number of nitrogens with two attached hydrogens (primary N) is 1. The summed E-state index contributed by atoms with van der Waals surface area (Å²) in [6.45, 7) is 2.05. The van der Waals surface area contributed by atoms with E-state index in [9.17, 15) is 0 Å². The number of thiazole rings is 1. The fourth-order valence-corrected chi connectivity index (χ4v) is 4.50. The molecule has 32 heavy (non-hydrogen) atoms. The van der Waals surface area contributed by atoms with Gasteiger partial charge in [0.1, 0.15) is 10.8 Å². The lowest BCUT2D eigenvalue weighted by Crippen LogP contribution is -2.05. The van der Waals surface area contributed by atoms with E-state index < -0.39 is 0 Å². The van der Waals surface area contributed by atoms with Crippen LogP contribution >= 0.6 is 22.9 Å². The van der Waals surface area contributed by atoms with Crippen LogP contribution in [0.5, 0.6) is 5.75 Å². The summed E-state index contributed by atoms with van der Waals surface area (Å²) in [5.74, 6) is 1.19. The third kappa shape index (κ3) is 3.47. The summed E-state index contributed by atoms with van der Waals surface area (Å²) in [7, 11) is 1.65. The van der Waals surface area contributed by atoms with E-state index in [0.29, 0.717) is 27.2 Å². The second-order valence-electron chi connectivity index (χ2n) is 7.12. The molecule has 0 fully saturated rings. The number of aromatic nitrogens is 5. The summed E-state index contributed by atoms with van der Waals surface area (Å²) in [5, 5.41) is 17.0. The van der Waals surface area contributed by atoms with Gasteiger partial charge in [0.05, 0.1) is 24.1 Å². The first-order valence-electron chi connectivity index (χ1n) is 9.99. The summed E-state index contributed by atoms with van der Waals surface area (Å²) in [4.78, 5) is 4.71. The van der Waals surface area contributed by atoms with Gasteiger partial charge in [-0.3, -0.25) is 0 Å². The molecule has 3 heterocycles. The van der Waals surface area contributed by atoms with Gasteiger partial charge in [-0.15, -0.1) is 21.5 Å². The Morgan fingerprint density at radius 2 is 1.75 bits per heavy atom. The van der Waals surface area contributed by atoms with Gasteiger partial charge in [0.2, 0.25) is 0 Å². The summed E-state index contributed by atoms with van der Waals surface area (Å²) in [6.07, 6.45) is 0.734. The zero-order chi connectivity index (χ0) is 22.2. The highest BCUT2D eigenvalue weighted by atomic mass is 35.5. The molecule has 0 aliphatic carbocycles. The summed E-state index contributed by atoms with van der Waals surface area (Å²) >= 11 is 7.45. The molecule has 9 heteroatoms. The topological polar surface area (TPSA) is 91.2 Å². The molecule has 5 rings (SSSR count). The number of nitrogens with zero attached hydrogens (tertiary/aromatic N) is 5. The molecule has 0 bridgehead atoms. The van der Waals surface area contributed by atoms with E-state index in [4.69, 9.17) is 32.2 Å². The van der Waals surface area contributed by atoms with E-state index in [2.05, 4.69) is 17.1 Å². The fraction of sp³-hybridized carbons (Fsp3) is 0.130. The zero-order valence-corrected chi connectivity index (χ0v) is 19.0. The Morgan fingerprint density at radius 3 is 2.44 bits per heavy atom. The number of aryl methyl sites for hydroxylation is 1. The highest BCUT2D eigenvalue weighted by Gasteiger charge is 2.21. The monoisotopic (exact) mass is 462 g/mol. The Morgan fingerprint density at radius 1 is 1.03 bits per heavy atom. The Bertz CT molecular complexity index is 1410. The predicted octanol–water partition coefficient (Wildman–Crippen LogP) is 5.39. The molecule has 0 aliphatic heterocycles. The first-order chi connectivity index (χ1) is 15.6. The molecule has 2 N–H and O–H groups in total. The van der Waals surface area contributed by atoms with Crippen molar-refractivity contribution < 1.29 is 4.74 Å². The summed E-state index contributed by atoms with van der Waals surface area (Å²) in [6, 6.07) is 15.3. The number of methoxy groups -OCH3 is 1. The smallest absolute Gasteiger partial charge is 0.187 e. The third-order valence-corrected chi connectivity index (χ3v) is 6.31. The van der Waals surface area contributed by atoms with Crippen molar-refractivity contribution in [1.82, 2.24) is 24.8 Å². The lowest BCUT2D eigenvalue weighted by atomic mass is 10.0. The van der Waals surface area contributed by atoms with Crippen LogP contribution in [0.2, 0.25) is 5.02 Å². The van der Waals surface area contributed by atoms with Gasteiger partial charge < -0.3 is 10.5 Å². The van der Waals surface area contributed by atoms with Gasteiger partial charge in [0.15, 0.2) is 17.2 Å². The minimum Gasteiger partial charge on any atom is -0.497 e. The molecule has 0 radical (unpaired) electrons. The minimum absolute atomic E-state index is 0.404. The van der Waals surface area contributed by atoms with Gasteiger partial charge in [0, 0.05) is 16.0 Å². The van der Waals surface area contributed by atoms with Crippen LogP contribution < -0.4 is 10.5 Å². The van der Waals surface area contributed by atoms with Gasteiger partial charge in [-0.1, -0.05) is 42.8 Å². The van der Waals surface area contributed by atoms with Crippen LogP contribution in [-0.4, -0.2) is 31.9 Å². The van der Waals surface area contributed by atoms with Crippen molar-refractivity contribution in [1.29, 1.82) is 0 Å². The Kier molecular flexibility index (Phi) is 5.24. The average Bonchev–Trinajstić information content (AvgIpc) is 3.45. The molecule has 7 nitrogen and oxygen atoms in total. The van der Waals surface area contributed by atoms with Gasteiger partial charge in [-0.05, 0) is 36.2 Å². The summed E-state index contributed by atoms with van der Waals surface area (Å²) < 4.78 is 6.93. The van der Waals surface area contributed by atoms with Crippen molar-refractivity contribution in [3.63, 3.8) is 0 Å². The Labute approximate surface area is 193 Å². The van der Waals surface area contributed by atoms with Crippen molar-refractivity contribution in [2.24, 2.45) is 0 Å². The van der Waals surface area contributed by atoms with Gasteiger partial charge >= 0.3 is 0 Å². The van der Waals surface area contributed by atoms with E-state index in [1.54, 1.807) is 11.6 Å². The van der Waals surface area contributed by atoms with Crippen LogP contribution in [0.1, 0.15) is 12.6 Å². The van der Waals surface area contributed by atoms with Crippen LogP contribution in [0.4, 0.5) is 5.82 Å². The molecule has 0 unspecified atom stereocenters. The normalized spacial score (nSPS) is 11.2. The SMILES string of the molecule is CCc1nn2c(N)c(-c3nc(-c4ccc(Cl)cc4)cs3)nnc2c1-c1ccc(OC)cc1. The number of hydrogen-bond donors (Lipinski definition) is 1. The Hall–Kier alpha value is -3.49. The number of benzene rings is 2. The largest absolute Gasteiger partial charge is 0.497 e. The van der Waals surface area contributed by atoms with E-state index >= 15 is 0 Å². The highest BCUT2D eigenvalue weighted by molar-refractivity contribution is 7.13.